The van der Waals surface area contributed by atoms with Crippen LogP contribution in [0.1, 0.15) is 0 Å². The van der Waals surface area contributed by atoms with Gasteiger partial charge in [-0.05, 0) is 24.3 Å². The van der Waals surface area contributed by atoms with E-state index in [1.165, 1.54) is 30.5 Å². The Morgan fingerprint density at radius 2 is 1.70 bits per heavy atom. The van der Waals surface area contributed by atoms with Gasteiger partial charge in [0.15, 0.2) is 5.82 Å². The topological polar surface area (TPSA) is 59.1 Å². The standard InChI is InChI=1S/C12H11F3N4O/c1-16-10-6-17-7-11(19-10)18-8-2-4-9(5-3-8)20-12(13,14)15/h2-7H,1H3,(H2,16,18,19). The Labute approximate surface area is 112 Å². The van der Waals surface area contributed by atoms with Crippen LogP contribution in [0.4, 0.5) is 30.5 Å². The largest absolute Gasteiger partial charge is 0.573 e. The lowest BCUT2D eigenvalue weighted by Gasteiger charge is -2.10. The number of anilines is 3. The highest BCUT2D eigenvalue weighted by molar-refractivity contribution is 5.57. The number of ether oxygens (including phenoxy) is 1. The molecular formula is C12H11F3N4O. The Morgan fingerprint density at radius 3 is 2.30 bits per heavy atom. The van der Waals surface area contributed by atoms with E-state index >= 15 is 0 Å². The number of halogens is 3. The van der Waals surface area contributed by atoms with Crippen molar-refractivity contribution in [1.82, 2.24) is 9.97 Å². The van der Waals surface area contributed by atoms with E-state index in [-0.39, 0.29) is 5.75 Å². The molecule has 0 bridgehead atoms. The molecule has 0 fully saturated rings. The molecule has 0 amide bonds. The molecule has 2 rings (SSSR count). The molecule has 0 radical (unpaired) electrons. The highest BCUT2D eigenvalue weighted by atomic mass is 19.4. The first-order valence-electron chi connectivity index (χ1n) is 5.59. The van der Waals surface area contributed by atoms with Crippen molar-refractivity contribution < 1.29 is 17.9 Å². The Balaban J connectivity index is 2.06. The molecule has 1 heterocycles. The minimum Gasteiger partial charge on any atom is -0.406 e. The molecule has 0 atom stereocenters. The fourth-order valence-electron chi connectivity index (χ4n) is 1.43. The van der Waals surface area contributed by atoms with E-state index < -0.39 is 6.36 Å². The number of hydrogen-bond donors (Lipinski definition) is 2. The Bertz CT molecular complexity index is 572. The van der Waals surface area contributed by atoms with Crippen LogP contribution >= 0.6 is 0 Å². The SMILES string of the molecule is CNc1cncc(Nc2ccc(OC(F)(F)F)cc2)n1. The predicted molar refractivity (Wildman–Crippen MR) is 68.0 cm³/mol. The Hall–Kier alpha value is -2.51. The molecule has 1 aromatic carbocycles. The van der Waals surface area contributed by atoms with Gasteiger partial charge in [0.25, 0.3) is 0 Å². The fraction of sp³-hybridized carbons (Fsp3) is 0.167. The lowest BCUT2D eigenvalue weighted by atomic mass is 10.3. The Kier molecular flexibility index (Phi) is 3.92. The van der Waals surface area contributed by atoms with Gasteiger partial charge in [0.2, 0.25) is 0 Å². The highest BCUT2D eigenvalue weighted by Crippen LogP contribution is 2.24. The summed E-state index contributed by atoms with van der Waals surface area (Å²) in [6.45, 7) is 0. The molecule has 8 heteroatoms. The smallest absolute Gasteiger partial charge is 0.406 e. The first-order valence-corrected chi connectivity index (χ1v) is 5.59. The van der Waals surface area contributed by atoms with Crippen molar-refractivity contribution in [1.29, 1.82) is 0 Å². The van der Waals surface area contributed by atoms with Gasteiger partial charge in [-0.3, -0.25) is 4.98 Å². The van der Waals surface area contributed by atoms with Crippen molar-refractivity contribution >= 4 is 17.3 Å². The van der Waals surface area contributed by atoms with Crippen LogP contribution in [0.15, 0.2) is 36.7 Å². The van der Waals surface area contributed by atoms with E-state index in [9.17, 15) is 13.2 Å². The zero-order chi connectivity index (χ0) is 14.6. The van der Waals surface area contributed by atoms with E-state index in [0.29, 0.717) is 17.3 Å². The molecule has 0 saturated carbocycles. The molecular weight excluding hydrogens is 273 g/mol. The summed E-state index contributed by atoms with van der Waals surface area (Å²) in [4.78, 5) is 8.13. The lowest BCUT2D eigenvalue weighted by Crippen LogP contribution is -2.16. The van der Waals surface area contributed by atoms with E-state index in [1.807, 2.05) is 0 Å². The quantitative estimate of drug-likeness (QED) is 0.903. The van der Waals surface area contributed by atoms with Crippen LogP contribution in [0, 0.1) is 0 Å². The highest BCUT2D eigenvalue weighted by Gasteiger charge is 2.30. The van der Waals surface area contributed by atoms with Crippen molar-refractivity contribution in [2.75, 3.05) is 17.7 Å². The predicted octanol–water partition coefficient (Wildman–Crippen LogP) is 3.16. The van der Waals surface area contributed by atoms with E-state index in [2.05, 4.69) is 25.3 Å². The summed E-state index contributed by atoms with van der Waals surface area (Å²) in [7, 11) is 1.71. The molecule has 20 heavy (non-hydrogen) atoms. The number of nitrogens with zero attached hydrogens (tertiary/aromatic N) is 2. The van der Waals surface area contributed by atoms with Crippen molar-refractivity contribution in [2.45, 2.75) is 6.36 Å². The number of benzene rings is 1. The normalized spacial score (nSPS) is 11.0. The van der Waals surface area contributed by atoms with Crippen LogP contribution in [0.25, 0.3) is 0 Å². The molecule has 0 aliphatic heterocycles. The van der Waals surface area contributed by atoms with Gasteiger partial charge in [-0.25, -0.2) is 4.98 Å². The minimum absolute atomic E-state index is 0.280. The maximum Gasteiger partial charge on any atom is 0.573 e. The molecule has 2 aromatic rings. The summed E-state index contributed by atoms with van der Waals surface area (Å²) in [5.41, 5.74) is 0.571. The first kappa shape index (κ1) is 13.9. The molecule has 0 aliphatic rings. The molecule has 5 nitrogen and oxygen atoms in total. The molecule has 0 aliphatic carbocycles. The third kappa shape index (κ3) is 4.01. The van der Waals surface area contributed by atoms with Crippen LogP contribution < -0.4 is 15.4 Å². The summed E-state index contributed by atoms with van der Waals surface area (Å²) < 4.78 is 39.8. The lowest BCUT2D eigenvalue weighted by molar-refractivity contribution is -0.274. The summed E-state index contributed by atoms with van der Waals surface area (Å²) in [6.07, 6.45) is -1.64. The van der Waals surface area contributed by atoms with Gasteiger partial charge in [0.1, 0.15) is 11.6 Å². The monoisotopic (exact) mass is 284 g/mol. The molecule has 0 unspecified atom stereocenters. The minimum atomic E-state index is -4.69. The average Bonchev–Trinajstić information content (AvgIpc) is 2.40. The van der Waals surface area contributed by atoms with Gasteiger partial charge in [-0.1, -0.05) is 0 Å². The maximum atomic E-state index is 12.0. The number of rotatable bonds is 4. The molecule has 2 N–H and O–H groups in total. The van der Waals surface area contributed by atoms with E-state index in [0.717, 1.165) is 0 Å². The maximum absolute atomic E-state index is 12.0. The second kappa shape index (κ2) is 5.64. The fourth-order valence-corrected chi connectivity index (χ4v) is 1.43. The summed E-state index contributed by atoms with van der Waals surface area (Å²) in [5, 5.41) is 5.75. The summed E-state index contributed by atoms with van der Waals surface area (Å²) >= 11 is 0. The first-order chi connectivity index (χ1) is 9.46. The van der Waals surface area contributed by atoms with Crippen molar-refractivity contribution in [2.24, 2.45) is 0 Å². The third-order valence-electron chi connectivity index (χ3n) is 2.25. The van der Waals surface area contributed by atoms with Crippen LogP contribution in [-0.2, 0) is 0 Å². The van der Waals surface area contributed by atoms with Crippen LogP contribution in [0.3, 0.4) is 0 Å². The third-order valence-corrected chi connectivity index (χ3v) is 2.25. The number of nitrogens with one attached hydrogen (secondary N) is 2. The van der Waals surface area contributed by atoms with Crippen molar-refractivity contribution in [3.8, 4) is 5.75 Å². The Morgan fingerprint density at radius 1 is 1.05 bits per heavy atom. The van der Waals surface area contributed by atoms with Crippen LogP contribution in [0.2, 0.25) is 0 Å². The van der Waals surface area contributed by atoms with Gasteiger partial charge in [0.05, 0.1) is 12.4 Å². The van der Waals surface area contributed by atoms with Crippen LogP contribution in [-0.4, -0.2) is 23.4 Å². The molecule has 0 saturated heterocycles. The van der Waals surface area contributed by atoms with Gasteiger partial charge in [-0.2, -0.15) is 0 Å². The average molecular weight is 284 g/mol. The molecule has 106 valence electrons. The van der Waals surface area contributed by atoms with Crippen molar-refractivity contribution in [3.05, 3.63) is 36.7 Å². The van der Waals surface area contributed by atoms with Gasteiger partial charge in [0, 0.05) is 12.7 Å². The molecule has 1 aromatic heterocycles. The second-order valence-electron chi connectivity index (χ2n) is 3.74. The molecule has 0 spiro atoms. The van der Waals surface area contributed by atoms with Crippen molar-refractivity contribution in [3.63, 3.8) is 0 Å². The second-order valence-corrected chi connectivity index (χ2v) is 3.74. The zero-order valence-electron chi connectivity index (χ0n) is 10.4. The number of alkyl halides is 3. The summed E-state index contributed by atoms with van der Waals surface area (Å²) in [6, 6.07) is 5.33. The number of hydrogen-bond acceptors (Lipinski definition) is 5. The summed E-state index contributed by atoms with van der Waals surface area (Å²) in [5.74, 6) is 0.770. The van der Waals surface area contributed by atoms with Gasteiger partial charge >= 0.3 is 6.36 Å². The van der Waals surface area contributed by atoms with Gasteiger partial charge in [-0.15, -0.1) is 13.2 Å². The number of aromatic nitrogens is 2. The zero-order valence-corrected chi connectivity index (χ0v) is 10.4. The van der Waals surface area contributed by atoms with E-state index in [4.69, 9.17) is 0 Å². The van der Waals surface area contributed by atoms with E-state index in [1.54, 1.807) is 13.2 Å². The van der Waals surface area contributed by atoms with Crippen LogP contribution in [0.5, 0.6) is 5.75 Å². The van der Waals surface area contributed by atoms with Gasteiger partial charge < -0.3 is 15.4 Å².